The Morgan fingerprint density at radius 3 is 2.54 bits per heavy atom. The molecule has 3 aromatic heterocycles. The van der Waals surface area contributed by atoms with Crippen molar-refractivity contribution in [2.24, 2.45) is 5.92 Å². The summed E-state index contributed by atoms with van der Waals surface area (Å²) in [6, 6.07) is 4.93. The molecule has 5 heterocycles. The van der Waals surface area contributed by atoms with Crippen molar-refractivity contribution in [1.29, 1.82) is 0 Å². The van der Waals surface area contributed by atoms with Crippen LogP contribution in [0.4, 0.5) is 0 Å². The summed E-state index contributed by atoms with van der Waals surface area (Å²) in [5, 5.41) is 0.719. The molecular weight excluding hydrogens is 452 g/mol. The van der Waals surface area contributed by atoms with Crippen LogP contribution in [0.1, 0.15) is 20.0 Å². The highest BCUT2D eigenvalue weighted by Crippen LogP contribution is 2.25. The summed E-state index contributed by atoms with van der Waals surface area (Å²) in [7, 11) is 0. The third-order valence-electron chi connectivity index (χ3n) is 6.80. The number of ether oxygens (including phenoxy) is 2. The van der Waals surface area contributed by atoms with Crippen LogP contribution in [-0.2, 0) is 20.8 Å². The van der Waals surface area contributed by atoms with Gasteiger partial charge in [-0.1, -0.05) is 0 Å². The van der Waals surface area contributed by atoms with Gasteiger partial charge in [0.05, 0.1) is 41.6 Å². The molecule has 0 saturated carbocycles. The minimum absolute atomic E-state index is 0.182. The molecule has 3 unspecified atom stereocenters. The van der Waals surface area contributed by atoms with Crippen LogP contribution in [0.5, 0.6) is 0 Å². The van der Waals surface area contributed by atoms with E-state index in [1.165, 1.54) is 4.57 Å². The van der Waals surface area contributed by atoms with Crippen molar-refractivity contribution < 1.29 is 14.3 Å². The lowest BCUT2D eigenvalue weighted by molar-refractivity contribution is -0.149. The minimum atomic E-state index is -0.627. The number of hydrogen-bond donors (Lipinski definition) is 2. The van der Waals surface area contributed by atoms with E-state index in [9.17, 15) is 14.4 Å². The SMILES string of the molecule is CCOC(=O)C1C(C)NNC1n1ccc2nc3ccn(CCN4CCOCC4)c(=O)c3cc2c1=O. The topological polar surface area (TPSA) is 120 Å². The maximum Gasteiger partial charge on any atom is 0.314 e. The number of esters is 1. The molecule has 186 valence electrons. The van der Waals surface area contributed by atoms with E-state index in [1.807, 2.05) is 13.0 Å². The van der Waals surface area contributed by atoms with Crippen molar-refractivity contribution in [3.63, 3.8) is 0 Å². The number of hydrogen-bond acceptors (Lipinski definition) is 9. The van der Waals surface area contributed by atoms with Crippen LogP contribution in [-0.4, -0.2) is 70.5 Å². The number of nitrogens with zero attached hydrogens (tertiary/aromatic N) is 4. The first-order chi connectivity index (χ1) is 17.0. The van der Waals surface area contributed by atoms with Crippen LogP contribution < -0.4 is 22.0 Å². The lowest BCUT2D eigenvalue weighted by atomic mass is 10.00. The number of fused-ring (bicyclic) bond motifs is 2. The zero-order valence-electron chi connectivity index (χ0n) is 19.9. The van der Waals surface area contributed by atoms with Crippen LogP contribution in [0.15, 0.2) is 40.2 Å². The fraction of sp³-hybridized carbons (Fsp3) is 0.500. The van der Waals surface area contributed by atoms with E-state index in [2.05, 4.69) is 20.7 Å². The van der Waals surface area contributed by atoms with Gasteiger partial charge in [0.1, 0.15) is 12.1 Å². The van der Waals surface area contributed by atoms with Crippen molar-refractivity contribution in [3.8, 4) is 0 Å². The van der Waals surface area contributed by atoms with Crippen LogP contribution in [0, 0.1) is 5.92 Å². The van der Waals surface area contributed by atoms with E-state index in [4.69, 9.17) is 9.47 Å². The van der Waals surface area contributed by atoms with Crippen molar-refractivity contribution in [2.45, 2.75) is 32.6 Å². The summed E-state index contributed by atoms with van der Waals surface area (Å²) in [5.74, 6) is -0.967. The summed E-state index contributed by atoms with van der Waals surface area (Å²) in [4.78, 5) is 46.1. The molecule has 0 spiro atoms. The molecule has 0 aliphatic carbocycles. The summed E-state index contributed by atoms with van der Waals surface area (Å²) in [6.45, 7) is 8.27. The number of aromatic nitrogens is 3. The Morgan fingerprint density at radius 1 is 1.09 bits per heavy atom. The molecule has 5 rings (SSSR count). The molecule has 2 saturated heterocycles. The predicted octanol–water partition coefficient (Wildman–Crippen LogP) is 0.218. The predicted molar refractivity (Wildman–Crippen MR) is 130 cm³/mol. The number of carbonyl (C=O) groups excluding carboxylic acids is 1. The molecule has 0 amide bonds. The first-order valence-corrected chi connectivity index (χ1v) is 12.0. The molecular formula is C24H30N6O5. The zero-order chi connectivity index (χ0) is 24.5. The second-order valence-electron chi connectivity index (χ2n) is 8.95. The Morgan fingerprint density at radius 2 is 1.80 bits per heavy atom. The van der Waals surface area contributed by atoms with Crippen molar-refractivity contribution in [3.05, 3.63) is 51.3 Å². The van der Waals surface area contributed by atoms with Gasteiger partial charge in [-0.05, 0) is 32.0 Å². The molecule has 0 aromatic carbocycles. The smallest absolute Gasteiger partial charge is 0.314 e. The number of morpholine rings is 1. The molecule has 0 radical (unpaired) electrons. The Labute approximate surface area is 201 Å². The molecule has 2 fully saturated rings. The Kier molecular flexibility index (Phi) is 6.65. The Hall–Kier alpha value is -3.12. The van der Waals surface area contributed by atoms with Gasteiger partial charge in [0.2, 0.25) is 0 Å². The van der Waals surface area contributed by atoms with E-state index in [0.29, 0.717) is 41.6 Å². The lowest BCUT2D eigenvalue weighted by Gasteiger charge is -2.26. The summed E-state index contributed by atoms with van der Waals surface area (Å²) >= 11 is 0. The fourth-order valence-electron chi connectivity index (χ4n) is 4.83. The van der Waals surface area contributed by atoms with Gasteiger partial charge >= 0.3 is 5.97 Å². The quantitative estimate of drug-likeness (QED) is 0.375. The molecule has 2 aliphatic heterocycles. The average molecular weight is 483 g/mol. The van der Waals surface area contributed by atoms with Gasteiger partial charge in [0.15, 0.2) is 0 Å². The monoisotopic (exact) mass is 482 g/mol. The highest BCUT2D eigenvalue weighted by Gasteiger charge is 2.41. The minimum Gasteiger partial charge on any atom is -0.466 e. The molecule has 35 heavy (non-hydrogen) atoms. The number of pyridine rings is 3. The van der Waals surface area contributed by atoms with Gasteiger partial charge in [-0.25, -0.2) is 10.4 Å². The molecule has 2 N–H and O–H groups in total. The van der Waals surface area contributed by atoms with Crippen molar-refractivity contribution in [2.75, 3.05) is 39.5 Å². The van der Waals surface area contributed by atoms with E-state index in [-0.39, 0.29) is 29.7 Å². The van der Waals surface area contributed by atoms with Gasteiger partial charge in [0, 0.05) is 44.6 Å². The first kappa shape index (κ1) is 23.6. The second-order valence-corrected chi connectivity index (χ2v) is 8.95. The maximum atomic E-state index is 13.5. The van der Waals surface area contributed by atoms with Gasteiger partial charge in [-0.15, -0.1) is 0 Å². The highest BCUT2D eigenvalue weighted by molar-refractivity contribution is 5.91. The lowest BCUT2D eigenvalue weighted by Crippen LogP contribution is -2.39. The maximum absolute atomic E-state index is 13.5. The number of hydrazine groups is 1. The molecule has 3 aromatic rings. The van der Waals surface area contributed by atoms with Crippen LogP contribution in [0.3, 0.4) is 0 Å². The van der Waals surface area contributed by atoms with Crippen molar-refractivity contribution in [1.82, 2.24) is 29.9 Å². The van der Waals surface area contributed by atoms with Gasteiger partial charge in [-0.2, -0.15) is 0 Å². The molecule has 2 aliphatic rings. The third-order valence-corrected chi connectivity index (χ3v) is 6.80. The molecule has 3 atom stereocenters. The Bertz CT molecular complexity index is 1360. The number of carbonyl (C=O) groups is 1. The van der Waals surface area contributed by atoms with Crippen LogP contribution >= 0.6 is 0 Å². The third kappa shape index (κ3) is 4.47. The standard InChI is InChI=1S/C24H30N6O5/c1-3-35-24(33)20-15(2)26-27-21(20)30-7-5-19-17(23(30)32)14-16-18(25-19)4-6-29(22(16)31)9-8-28-10-12-34-13-11-28/h4-7,14-15,20-21,26-27H,3,8-13H2,1-2H3. The van der Waals surface area contributed by atoms with E-state index < -0.39 is 12.1 Å². The van der Waals surface area contributed by atoms with Crippen molar-refractivity contribution >= 4 is 27.8 Å². The normalized spacial score (nSPS) is 23.2. The van der Waals surface area contributed by atoms with Gasteiger partial charge < -0.3 is 14.0 Å². The van der Waals surface area contributed by atoms with E-state index in [0.717, 1.165) is 19.6 Å². The van der Waals surface area contributed by atoms with Gasteiger partial charge in [-0.3, -0.25) is 29.3 Å². The number of rotatable bonds is 6. The molecule has 11 nitrogen and oxygen atoms in total. The van der Waals surface area contributed by atoms with Crippen LogP contribution in [0.25, 0.3) is 21.8 Å². The summed E-state index contributed by atoms with van der Waals surface area (Å²) in [5.41, 5.74) is 6.59. The number of nitrogens with one attached hydrogen (secondary N) is 2. The molecule has 0 bridgehead atoms. The summed E-state index contributed by atoms with van der Waals surface area (Å²) in [6.07, 6.45) is 2.75. The zero-order valence-corrected chi connectivity index (χ0v) is 19.9. The van der Waals surface area contributed by atoms with Gasteiger partial charge in [0.25, 0.3) is 11.1 Å². The average Bonchev–Trinajstić information content (AvgIpc) is 3.25. The highest BCUT2D eigenvalue weighted by atomic mass is 16.5. The van der Waals surface area contributed by atoms with E-state index >= 15 is 0 Å². The second kappa shape index (κ2) is 9.86. The summed E-state index contributed by atoms with van der Waals surface area (Å²) < 4.78 is 13.7. The fourth-order valence-corrected chi connectivity index (χ4v) is 4.83. The van der Waals surface area contributed by atoms with E-state index in [1.54, 1.807) is 36.0 Å². The first-order valence-electron chi connectivity index (χ1n) is 12.0. The largest absolute Gasteiger partial charge is 0.466 e. The Balaban J connectivity index is 1.51. The van der Waals surface area contributed by atoms with Crippen LogP contribution in [0.2, 0.25) is 0 Å². The molecule has 11 heteroatoms.